The molecule has 0 aromatic carbocycles. The van der Waals surface area contributed by atoms with Gasteiger partial charge in [0, 0.05) is 0 Å². The van der Waals surface area contributed by atoms with Gasteiger partial charge < -0.3 is 0 Å². The Morgan fingerprint density at radius 3 is 1.33 bits per heavy atom. The first-order chi connectivity index (χ1) is 2.91. The Kier molecular flexibility index (Phi) is 4.75. The molecule has 2 heteroatoms. The second-order valence-electron chi connectivity index (χ2n) is 1.09. The van der Waals surface area contributed by atoms with E-state index in [4.69, 9.17) is 0 Å². The van der Waals surface area contributed by atoms with E-state index in [2.05, 4.69) is 0 Å². The Balaban J connectivity index is 2.34. The van der Waals surface area contributed by atoms with Gasteiger partial charge in [-0.05, 0) is 12.8 Å². The van der Waals surface area contributed by atoms with Gasteiger partial charge in [-0.3, -0.25) is 8.78 Å². The van der Waals surface area contributed by atoms with Crippen molar-refractivity contribution in [2.24, 2.45) is 0 Å². The lowest BCUT2D eigenvalue weighted by molar-refractivity contribution is 0.409. The number of hydrogen-bond donors (Lipinski definition) is 0. The Morgan fingerprint density at radius 1 is 0.833 bits per heavy atom. The third-order valence-corrected chi connectivity index (χ3v) is 0.517. The van der Waals surface area contributed by atoms with Crippen LogP contribution in [-0.2, 0) is 0 Å². The molecule has 0 saturated carbocycles. The van der Waals surface area contributed by atoms with Crippen LogP contribution in [-0.4, -0.2) is 13.3 Å². The summed E-state index contributed by atoms with van der Waals surface area (Å²) in [6, 6.07) is 0. The van der Waals surface area contributed by atoms with Crippen LogP contribution in [0.5, 0.6) is 0 Å². The predicted molar refractivity (Wildman–Crippen MR) is 21.2 cm³/mol. The van der Waals surface area contributed by atoms with Crippen molar-refractivity contribution in [2.75, 3.05) is 13.3 Å². The molecule has 0 saturated heterocycles. The Labute approximate surface area is 36.2 Å². The Bertz CT molecular complexity index is 17.5. The summed E-state index contributed by atoms with van der Waals surface area (Å²) >= 11 is 0. The minimum absolute atomic E-state index is 0.372. The van der Waals surface area contributed by atoms with E-state index >= 15 is 0 Å². The summed E-state index contributed by atoms with van der Waals surface area (Å²) in [6.07, 6.45) is 0.743. The van der Waals surface area contributed by atoms with Gasteiger partial charge in [0.15, 0.2) is 0 Å². The molecule has 0 unspecified atom stereocenters. The van der Waals surface area contributed by atoms with Gasteiger partial charge in [-0.2, -0.15) is 0 Å². The molecular weight excluding hydrogens is 86.0 g/mol. The third-order valence-electron chi connectivity index (χ3n) is 0.517. The first kappa shape index (κ1) is 5.86. The minimum atomic E-state index is -0.385. The van der Waals surface area contributed by atoms with Gasteiger partial charge in [0.1, 0.15) is 0 Å². The summed E-state index contributed by atoms with van der Waals surface area (Å²) in [5.41, 5.74) is 0. The fourth-order valence-corrected chi connectivity index (χ4v) is 0.189. The van der Waals surface area contributed by atoms with Crippen molar-refractivity contribution in [3.63, 3.8) is 0 Å². The van der Waals surface area contributed by atoms with E-state index in [0.29, 0.717) is 12.8 Å². The molecule has 0 atom stereocenters. The van der Waals surface area contributed by atoms with Crippen LogP contribution in [0, 0.1) is 0 Å². The molecule has 0 aromatic heterocycles. The summed E-state index contributed by atoms with van der Waals surface area (Å²) < 4.78 is 22.0. The van der Waals surface area contributed by atoms with Gasteiger partial charge in [-0.25, -0.2) is 0 Å². The molecule has 0 N–H and O–H groups in total. The maximum Gasteiger partial charge on any atom is 0.0895 e. The summed E-state index contributed by atoms with van der Waals surface area (Å²) in [7, 11) is 0. The lowest BCUT2D eigenvalue weighted by Crippen LogP contribution is -1.76. The zero-order valence-electron chi connectivity index (χ0n) is 3.58. The number of unbranched alkanes of at least 4 members (excludes halogenated alkanes) is 1. The van der Waals surface area contributed by atoms with Crippen molar-refractivity contribution in [3.05, 3.63) is 0 Å². The highest BCUT2D eigenvalue weighted by molar-refractivity contribution is 4.31. The van der Waals surface area contributed by atoms with E-state index in [0.717, 1.165) is 0 Å². The number of halogens is 2. The maximum atomic E-state index is 11.0. The van der Waals surface area contributed by atoms with Crippen LogP contribution in [0.25, 0.3) is 0 Å². The van der Waals surface area contributed by atoms with Gasteiger partial charge in [0.25, 0.3) is 0 Å². The zero-order valence-corrected chi connectivity index (χ0v) is 3.58. The number of rotatable bonds is 3. The second-order valence-corrected chi connectivity index (χ2v) is 1.09. The fourth-order valence-electron chi connectivity index (χ4n) is 0.189. The van der Waals surface area contributed by atoms with Gasteiger partial charge >= 0.3 is 0 Å². The molecule has 6 heavy (non-hydrogen) atoms. The molecule has 0 heterocycles. The third kappa shape index (κ3) is 3.86. The molecule has 0 spiro atoms. The average molecular weight is 94.1 g/mol. The highest BCUT2D eigenvalue weighted by atomic mass is 19.1. The topological polar surface area (TPSA) is 0 Å². The van der Waals surface area contributed by atoms with E-state index in [1.54, 1.807) is 0 Å². The number of alkyl halides is 2. The van der Waals surface area contributed by atoms with Gasteiger partial charge in [0.2, 0.25) is 0 Å². The minimum Gasteiger partial charge on any atom is -0.251 e. The van der Waals surface area contributed by atoms with Crippen LogP contribution in [0.2, 0.25) is 0 Å². The first-order valence-corrected chi connectivity index (χ1v) is 2.03. The van der Waals surface area contributed by atoms with Crippen molar-refractivity contribution in [3.8, 4) is 0 Å². The monoisotopic (exact) mass is 94.1 g/mol. The summed E-state index contributed by atoms with van der Waals surface area (Å²) in [5, 5.41) is 0. The highest BCUT2D eigenvalue weighted by Gasteiger charge is 1.80. The van der Waals surface area contributed by atoms with E-state index < -0.39 is 0 Å². The highest BCUT2D eigenvalue weighted by Crippen LogP contribution is 1.87. The molecule has 38 valence electrons. The van der Waals surface area contributed by atoms with E-state index in [1.165, 1.54) is 0 Å². The number of hydrogen-bond acceptors (Lipinski definition) is 0. The van der Waals surface area contributed by atoms with Crippen LogP contribution in [0.4, 0.5) is 8.78 Å². The van der Waals surface area contributed by atoms with E-state index in [9.17, 15) is 8.78 Å². The molecule has 0 bridgehead atoms. The lowest BCUT2D eigenvalue weighted by atomic mass is 10.4. The molecule has 0 radical (unpaired) electrons. The SMILES string of the molecule is FCCCCF. The zero-order chi connectivity index (χ0) is 4.83. The van der Waals surface area contributed by atoms with Crippen molar-refractivity contribution >= 4 is 0 Å². The predicted octanol–water partition coefficient (Wildman–Crippen LogP) is 1.71. The second kappa shape index (κ2) is 4.86. The fraction of sp³-hybridized carbons (Fsp3) is 1.00. The van der Waals surface area contributed by atoms with Crippen LogP contribution >= 0.6 is 0 Å². The molecule has 0 amide bonds. The van der Waals surface area contributed by atoms with Crippen molar-refractivity contribution in [1.29, 1.82) is 0 Å². The normalized spacial score (nSPS) is 9.00. The largest absolute Gasteiger partial charge is 0.251 e. The van der Waals surface area contributed by atoms with E-state index in [-0.39, 0.29) is 13.3 Å². The van der Waals surface area contributed by atoms with Crippen LogP contribution in [0.1, 0.15) is 12.8 Å². The smallest absolute Gasteiger partial charge is 0.0895 e. The van der Waals surface area contributed by atoms with Crippen LogP contribution in [0.15, 0.2) is 0 Å². The van der Waals surface area contributed by atoms with Gasteiger partial charge in [0.05, 0.1) is 13.3 Å². The standard InChI is InChI=1S/C4H8F2/c5-3-1-2-4-6/h1-4H2. The molecule has 0 rings (SSSR count). The van der Waals surface area contributed by atoms with Crippen molar-refractivity contribution in [1.82, 2.24) is 0 Å². The van der Waals surface area contributed by atoms with Crippen molar-refractivity contribution in [2.45, 2.75) is 12.8 Å². The Morgan fingerprint density at radius 2 is 1.17 bits per heavy atom. The van der Waals surface area contributed by atoms with Gasteiger partial charge in [-0.15, -0.1) is 0 Å². The molecule has 0 aliphatic rings. The Hall–Kier alpha value is -0.140. The molecule has 0 nitrogen and oxygen atoms in total. The quantitative estimate of drug-likeness (QED) is 0.467. The summed E-state index contributed by atoms with van der Waals surface area (Å²) in [6.45, 7) is -0.770. The molecule has 0 aromatic rings. The van der Waals surface area contributed by atoms with Crippen LogP contribution < -0.4 is 0 Å². The molecular formula is C4H8F2. The van der Waals surface area contributed by atoms with Gasteiger partial charge in [-0.1, -0.05) is 0 Å². The van der Waals surface area contributed by atoms with Crippen LogP contribution in [0.3, 0.4) is 0 Å². The maximum absolute atomic E-state index is 11.0. The lowest BCUT2D eigenvalue weighted by Gasteiger charge is -1.81. The van der Waals surface area contributed by atoms with E-state index in [1.807, 2.05) is 0 Å². The summed E-state index contributed by atoms with van der Waals surface area (Å²) in [4.78, 5) is 0. The molecule has 0 aliphatic heterocycles. The average Bonchev–Trinajstić information content (AvgIpc) is 1.61. The molecule has 0 fully saturated rings. The first-order valence-electron chi connectivity index (χ1n) is 2.03. The molecule has 0 aliphatic carbocycles. The summed E-state index contributed by atoms with van der Waals surface area (Å²) in [5.74, 6) is 0. The van der Waals surface area contributed by atoms with Crippen molar-refractivity contribution < 1.29 is 8.78 Å².